The van der Waals surface area contributed by atoms with Crippen molar-refractivity contribution in [2.75, 3.05) is 20.1 Å². The Morgan fingerprint density at radius 1 is 1.31 bits per heavy atom. The van der Waals surface area contributed by atoms with Gasteiger partial charge in [-0.25, -0.2) is 0 Å². The molecule has 0 saturated carbocycles. The number of halogens is 1. The summed E-state index contributed by atoms with van der Waals surface area (Å²) in [7, 11) is 2.22. The Morgan fingerprint density at radius 3 is 2.56 bits per heavy atom. The van der Waals surface area contributed by atoms with E-state index in [9.17, 15) is 0 Å². The second kappa shape index (κ2) is 5.67. The lowest BCUT2D eigenvalue weighted by atomic mass is 10.0. The number of aryl methyl sites for hydroxylation is 1. The highest BCUT2D eigenvalue weighted by atomic mass is 35.5. The number of rotatable bonds is 3. The SMILES string of the molecule is Cc1cccc(CN(C)C2CNC2)c1C.Cl. The molecule has 0 atom stereocenters. The summed E-state index contributed by atoms with van der Waals surface area (Å²) in [5, 5.41) is 3.31. The molecule has 0 aliphatic carbocycles. The molecular formula is C13H21ClN2. The van der Waals surface area contributed by atoms with Crippen molar-refractivity contribution >= 4 is 12.4 Å². The van der Waals surface area contributed by atoms with Gasteiger partial charge in [0.2, 0.25) is 0 Å². The topological polar surface area (TPSA) is 15.3 Å². The summed E-state index contributed by atoms with van der Waals surface area (Å²) in [6, 6.07) is 7.31. The minimum absolute atomic E-state index is 0. The van der Waals surface area contributed by atoms with E-state index in [4.69, 9.17) is 0 Å². The van der Waals surface area contributed by atoms with E-state index in [1.807, 2.05) is 0 Å². The van der Waals surface area contributed by atoms with Crippen molar-refractivity contribution in [3.63, 3.8) is 0 Å². The fourth-order valence-corrected chi connectivity index (χ4v) is 1.97. The molecule has 1 aromatic rings. The highest BCUT2D eigenvalue weighted by Crippen LogP contribution is 2.16. The third-order valence-electron chi connectivity index (χ3n) is 3.52. The zero-order valence-electron chi connectivity index (χ0n) is 10.3. The van der Waals surface area contributed by atoms with E-state index >= 15 is 0 Å². The lowest BCUT2D eigenvalue weighted by Crippen LogP contribution is -2.55. The molecule has 0 bridgehead atoms. The minimum atomic E-state index is 0. The Bertz CT molecular complexity index is 348. The van der Waals surface area contributed by atoms with Crippen LogP contribution in [0.5, 0.6) is 0 Å². The van der Waals surface area contributed by atoms with Gasteiger partial charge in [-0.05, 0) is 37.6 Å². The summed E-state index contributed by atoms with van der Waals surface area (Å²) in [5.41, 5.74) is 4.30. The van der Waals surface area contributed by atoms with E-state index in [1.54, 1.807) is 0 Å². The van der Waals surface area contributed by atoms with Crippen LogP contribution in [-0.4, -0.2) is 31.1 Å². The van der Waals surface area contributed by atoms with Crippen molar-refractivity contribution in [1.82, 2.24) is 10.2 Å². The summed E-state index contributed by atoms with van der Waals surface area (Å²) in [5.74, 6) is 0. The molecule has 3 heteroatoms. The average Bonchev–Trinajstić information content (AvgIpc) is 2.10. The number of likely N-dealkylation sites (N-methyl/N-ethyl adjacent to an activating group) is 1. The Labute approximate surface area is 104 Å². The highest BCUT2D eigenvalue weighted by molar-refractivity contribution is 5.85. The first-order valence-electron chi connectivity index (χ1n) is 5.64. The normalized spacial score (nSPS) is 15.8. The van der Waals surface area contributed by atoms with Gasteiger partial charge in [0.05, 0.1) is 0 Å². The molecule has 0 spiro atoms. The van der Waals surface area contributed by atoms with Crippen LogP contribution >= 0.6 is 12.4 Å². The number of hydrogen-bond donors (Lipinski definition) is 1. The van der Waals surface area contributed by atoms with Crippen LogP contribution < -0.4 is 5.32 Å². The molecule has 0 aromatic heterocycles. The molecule has 90 valence electrons. The van der Waals surface area contributed by atoms with Gasteiger partial charge in [-0.2, -0.15) is 0 Å². The molecule has 0 radical (unpaired) electrons. The first kappa shape index (κ1) is 13.5. The Balaban J connectivity index is 0.00000128. The van der Waals surface area contributed by atoms with Gasteiger partial charge < -0.3 is 5.32 Å². The van der Waals surface area contributed by atoms with E-state index in [2.05, 4.69) is 49.3 Å². The van der Waals surface area contributed by atoms with E-state index < -0.39 is 0 Å². The smallest absolute Gasteiger partial charge is 0.0345 e. The largest absolute Gasteiger partial charge is 0.314 e. The van der Waals surface area contributed by atoms with Gasteiger partial charge in [-0.3, -0.25) is 4.90 Å². The van der Waals surface area contributed by atoms with Crippen LogP contribution in [0.3, 0.4) is 0 Å². The lowest BCUT2D eigenvalue weighted by molar-refractivity contribution is 0.173. The molecule has 0 unspecified atom stereocenters. The molecular weight excluding hydrogens is 220 g/mol. The lowest BCUT2D eigenvalue weighted by Gasteiger charge is -2.36. The van der Waals surface area contributed by atoms with E-state index in [0.717, 1.165) is 25.7 Å². The van der Waals surface area contributed by atoms with Crippen molar-refractivity contribution in [1.29, 1.82) is 0 Å². The predicted molar refractivity (Wildman–Crippen MR) is 71.3 cm³/mol. The molecule has 2 rings (SSSR count). The van der Waals surface area contributed by atoms with Gasteiger partial charge >= 0.3 is 0 Å². The maximum absolute atomic E-state index is 3.31. The predicted octanol–water partition coefficient (Wildman–Crippen LogP) is 2.13. The molecule has 1 aromatic carbocycles. The van der Waals surface area contributed by atoms with Crippen LogP contribution in [0.1, 0.15) is 16.7 Å². The molecule has 1 fully saturated rings. The van der Waals surface area contributed by atoms with Gasteiger partial charge in [-0.1, -0.05) is 18.2 Å². The highest BCUT2D eigenvalue weighted by Gasteiger charge is 2.21. The van der Waals surface area contributed by atoms with Gasteiger partial charge in [0.25, 0.3) is 0 Å². The third-order valence-corrected chi connectivity index (χ3v) is 3.52. The van der Waals surface area contributed by atoms with Crippen LogP contribution in [0.25, 0.3) is 0 Å². The maximum atomic E-state index is 3.31. The molecule has 1 saturated heterocycles. The molecule has 2 nitrogen and oxygen atoms in total. The first-order chi connectivity index (χ1) is 7.18. The van der Waals surface area contributed by atoms with Crippen molar-refractivity contribution in [3.8, 4) is 0 Å². The fraction of sp³-hybridized carbons (Fsp3) is 0.538. The van der Waals surface area contributed by atoms with Crippen LogP contribution in [-0.2, 0) is 6.54 Å². The Morgan fingerprint density at radius 2 is 2.00 bits per heavy atom. The van der Waals surface area contributed by atoms with Gasteiger partial charge in [0, 0.05) is 25.7 Å². The number of nitrogens with zero attached hydrogens (tertiary/aromatic N) is 1. The zero-order valence-corrected chi connectivity index (χ0v) is 11.1. The zero-order chi connectivity index (χ0) is 10.8. The van der Waals surface area contributed by atoms with E-state index in [1.165, 1.54) is 16.7 Å². The molecule has 1 aliphatic heterocycles. The van der Waals surface area contributed by atoms with Crippen LogP contribution in [0.4, 0.5) is 0 Å². The number of nitrogens with one attached hydrogen (secondary N) is 1. The summed E-state index contributed by atoms with van der Waals surface area (Å²) in [6.45, 7) is 7.75. The van der Waals surface area contributed by atoms with Crippen molar-refractivity contribution < 1.29 is 0 Å². The third kappa shape index (κ3) is 2.76. The molecule has 1 N–H and O–H groups in total. The quantitative estimate of drug-likeness (QED) is 0.871. The fourth-order valence-electron chi connectivity index (χ4n) is 1.97. The average molecular weight is 241 g/mol. The second-order valence-electron chi connectivity index (χ2n) is 4.59. The van der Waals surface area contributed by atoms with Crippen molar-refractivity contribution in [2.45, 2.75) is 26.4 Å². The molecule has 1 aliphatic rings. The molecule has 1 heterocycles. The van der Waals surface area contributed by atoms with Gasteiger partial charge in [0.15, 0.2) is 0 Å². The summed E-state index contributed by atoms with van der Waals surface area (Å²) in [4.78, 5) is 2.44. The standard InChI is InChI=1S/C13H20N2.ClH/c1-10-5-4-6-12(11(10)2)9-15(3)13-7-14-8-13;/h4-6,13-14H,7-9H2,1-3H3;1H. The summed E-state index contributed by atoms with van der Waals surface area (Å²) < 4.78 is 0. The summed E-state index contributed by atoms with van der Waals surface area (Å²) in [6.07, 6.45) is 0. The molecule has 0 amide bonds. The van der Waals surface area contributed by atoms with Crippen LogP contribution in [0.15, 0.2) is 18.2 Å². The number of hydrogen-bond acceptors (Lipinski definition) is 2. The maximum Gasteiger partial charge on any atom is 0.0345 e. The summed E-state index contributed by atoms with van der Waals surface area (Å²) >= 11 is 0. The van der Waals surface area contributed by atoms with Crippen molar-refractivity contribution in [3.05, 3.63) is 34.9 Å². The Kier molecular flexibility index (Phi) is 4.78. The van der Waals surface area contributed by atoms with E-state index in [-0.39, 0.29) is 12.4 Å². The van der Waals surface area contributed by atoms with Crippen molar-refractivity contribution in [2.24, 2.45) is 0 Å². The minimum Gasteiger partial charge on any atom is -0.314 e. The second-order valence-corrected chi connectivity index (χ2v) is 4.59. The van der Waals surface area contributed by atoms with Gasteiger partial charge in [-0.15, -0.1) is 12.4 Å². The molecule has 16 heavy (non-hydrogen) atoms. The first-order valence-corrected chi connectivity index (χ1v) is 5.64. The number of benzene rings is 1. The Hall–Kier alpha value is -0.570. The van der Waals surface area contributed by atoms with Gasteiger partial charge in [0.1, 0.15) is 0 Å². The van der Waals surface area contributed by atoms with Crippen LogP contribution in [0.2, 0.25) is 0 Å². The monoisotopic (exact) mass is 240 g/mol. The van der Waals surface area contributed by atoms with E-state index in [0.29, 0.717) is 0 Å². The van der Waals surface area contributed by atoms with Crippen LogP contribution in [0, 0.1) is 13.8 Å².